The number of piperidine rings is 1. The molecule has 0 aliphatic carbocycles. The highest BCUT2D eigenvalue weighted by Gasteiger charge is 2.21. The minimum atomic E-state index is -0.175. The molecule has 1 fully saturated rings. The first-order chi connectivity index (χ1) is 14.4. The zero-order valence-corrected chi connectivity index (χ0v) is 18.8. The number of guanidine groups is 1. The number of nitrogens with one attached hydrogen (secondary N) is 2. The van der Waals surface area contributed by atoms with Gasteiger partial charge in [0.2, 0.25) is 5.89 Å². The van der Waals surface area contributed by atoms with E-state index in [9.17, 15) is 4.39 Å². The Morgan fingerprint density at radius 2 is 2.03 bits per heavy atom. The quantitative estimate of drug-likeness (QED) is 0.554. The summed E-state index contributed by atoms with van der Waals surface area (Å²) >= 11 is 0. The van der Waals surface area contributed by atoms with Crippen LogP contribution < -0.4 is 10.6 Å². The summed E-state index contributed by atoms with van der Waals surface area (Å²) in [6.45, 7) is 11.5. The molecule has 6 nitrogen and oxygen atoms in total. The Morgan fingerprint density at radius 3 is 2.63 bits per heavy atom. The molecule has 1 aromatic heterocycles. The smallest absolute Gasteiger partial charge is 0.208 e. The van der Waals surface area contributed by atoms with E-state index in [2.05, 4.69) is 25.5 Å². The molecule has 2 N–H and O–H groups in total. The third-order valence-corrected chi connectivity index (χ3v) is 5.97. The average molecular weight is 416 g/mol. The van der Waals surface area contributed by atoms with Gasteiger partial charge in [-0.2, -0.15) is 0 Å². The van der Waals surface area contributed by atoms with Gasteiger partial charge in [0.1, 0.15) is 11.6 Å². The Kier molecular flexibility index (Phi) is 7.48. The predicted octanol–water partition coefficient (Wildman–Crippen LogP) is 3.88. The largest absolute Gasteiger partial charge is 0.444 e. The van der Waals surface area contributed by atoms with E-state index in [1.165, 1.54) is 0 Å². The number of aromatic nitrogens is 1. The van der Waals surface area contributed by atoms with E-state index >= 15 is 0 Å². The molecular weight excluding hydrogens is 381 g/mol. The third kappa shape index (κ3) is 5.81. The summed E-state index contributed by atoms with van der Waals surface area (Å²) in [4.78, 5) is 11.2. The van der Waals surface area contributed by atoms with Crippen molar-refractivity contribution in [3.8, 4) is 0 Å². The van der Waals surface area contributed by atoms with E-state index in [-0.39, 0.29) is 11.9 Å². The van der Waals surface area contributed by atoms with Gasteiger partial charge in [0, 0.05) is 13.6 Å². The van der Waals surface area contributed by atoms with Gasteiger partial charge >= 0.3 is 0 Å². The van der Waals surface area contributed by atoms with Gasteiger partial charge < -0.3 is 15.1 Å². The van der Waals surface area contributed by atoms with E-state index in [4.69, 9.17) is 4.42 Å². The van der Waals surface area contributed by atoms with Gasteiger partial charge in [-0.15, -0.1) is 0 Å². The van der Waals surface area contributed by atoms with Crippen molar-refractivity contribution in [3.63, 3.8) is 0 Å². The van der Waals surface area contributed by atoms with E-state index < -0.39 is 0 Å². The second-order valence-electron chi connectivity index (χ2n) is 8.30. The molecule has 1 saturated heterocycles. The minimum Gasteiger partial charge on any atom is -0.444 e. The van der Waals surface area contributed by atoms with Crippen molar-refractivity contribution in [1.29, 1.82) is 0 Å². The van der Waals surface area contributed by atoms with Crippen molar-refractivity contribution in [2.45, 2.75) is 53.1 Å². The number of oxazole rings is 1. The van der Waals surface area contributed by atoms with Gasteiger partial charge in [-0.1, -0.05) is 12.1 Å². The van der Waals surface area contributed by atoms with Gasteiger partial charge in [-0.25, -0.2) is 9.37 Å². The molecular formula is C23H34FN5O. The second-order valence-corrected chi connectivity index (χ2v) is 8.30. The van der Waals surface area contributed by atoms with Crippen LogP contribution >= 0.6 is 0 Å². The zero-order valence-electron chi connectivity index (χ0n) is 18.8. The van der Waals surface area contributed by atoms with Crippen LogP contribution in [0.5, 0.6) is 0 Å². The molecule has 3 rings (SSSR count). The lowest BCUT2D eigenvalue weighted by Crippen LogP contribution is -2.43. The molecule has 7 heteroatoms. The number of rotatable bonds is 6. The molecule has 0 saturated carbocycles. The van der Waals surface area contributed by atoms with Crippen molar-refractivity contribution in [1.82, 2.24) is 20.5 Å². The van der Waals surface area contributed by atoms with Crippen LogP contribution in [0.3, 0.4) is 0 Å². The van der Waals surface area contributed by atoms with Crippen LogP contribution in [0.25, 0.3) is 0 Å². The van der Waals surface area contributed by atoms with Crippen molar-refractivity contribution < 1.29 is 8.81 Å². The second kappa shape index (κ2) is 10.1. The zero-order chi connectivity index (χ0) is 21.7. The van der Waals surface area contributed by atoms with Crippen LogP contribution in [0, 0.1) is 32.5 Å². The van der Waals surface area contributed by atoms with Crippen LogP contribution in [0.1, 0.15) is 54.3 Å². The number of halogens is 1. The molecule has 1 aliphatic heterocycles. The van der Waals surface area contributed by atoms with Gasteiger partial charge in [0.15, 0.2) is 5.96 Å². The molecule has 1 aliphatic rings. The van der Waals surface area contributed by atoms with E-state index in [1.54, 1.807) is 20.0 Å². The number of hydrogen-bond acceptors (Lipinski definition) is 4. The summed E-state index contributed by atoms with van der Waals surface area (Å²) in [5, 5.41) is 6.80. The summed E-state index contributed by atoms with van der Waals surface area (Å²) in [7, 11) is 1.76. The molecule has 1 aromatic carbocycles. The number of likely N-dealkylation sites (tertiary alicyclic amines) is 1. The predicted molar refractivity (Wildman–Crippen MR) is 118 cm³/mol. The SMILES string of the molecule is CN=C(NCC1CCN(Cc2nc(C)c(C)o2)CC1)NC(C)c1ccc(C)c(F)c1. The Labute approximate surface area is 179 Å². The number of benzene rings is 1. The van der Waals surface area contributed by atoms with Crippen LogP contribution in [0.2, 0.25) is 0 Å². The van der Waals surface area contributed by atoms with Gasteiger partial charge in [0.25, 0.3) is 0 Å². The van der Waals surface area contributed by atoms with Crippen molar-refractivity contribution in [2.75, 3.05) is 26.7 Å². The molecule has 2 heterocycles. The fraction of sp³-hybridized carbons (Fsp3) is 0.565. The maximum atomic E-state index is 13.9. The van der Waals surface area contributed by atoms with Crippen molar-refractivity contribution >= 4 is 5.96 Å². The molecule has 0 bridgehead atoms. The van der Waals surface area contributed by atoms with Crippen LogP contribution in [0.4, 0.5) is 4.39 Å². The molecule has 0 spiro atoms. The number of hydrogen-bond donors (Lipinski definition) is 2. The van der Waals surface area contributed by atoms with E-state index in [1.807, 2.05) is 32.9 Å². The van der Waals surface area contributed by atoms with Crippen LogP contribution in [-0.2, 0) is 6.54 Å². The lowest BCUT2D eigenvalue weighted by molar-refractivity contribution is 0.164. The first-order valence-electron chi connectivity index (χ1n) is 10.7. The monoisotopic (exact) mass is 415 g/mol. The van der Waals surface area contributed by atoms with Crippen molar-refractivity contribution in [2.24, 2.45) is 10.9 Å². The van der Waals surface area contributed by atoms with E-state index in [0.29, 0.717) is 11.5 Å². The third-order valence-electron chi connectivity index (χ3n) is 5.97. The highest BCUT2D eigenvalue weighted by atomic mass is 19.1. The number of aryl methyl sites for hydroxylation is 3. The lowest BCUT2D eigenvalue weighted by atomic mass is 9.97. The first-order valence-corrected chi connectivity index (χ1v) is 10.7. The fourth-order valence-electron chi connectivity index (χ4n) is 3.75. The standard InChI is InChI=1S/C23H34FN5O/c1-15-6-7-20(12-21(15)24)17(3)28-23(25-5)26-13-19-8-10-29(11-9-19)14-22-27-16(2)18(4)30-22/h6-7,12,17,19H,8-11,13-14H2,1-5H3,(H2,25,26,28). The fourth-order valence-corrected chi connectivity index (χ4v) is 3.75. The molecule has 2 aromatic rings. The highest BCUT2D eigenvalue weighted by molar-refractivity contribution is 5.80. The molecule has 0 amide bonds. The maximum absolute atomic E-state index is 13.9. The normalized spacial score (nSPS) is 17.2. The van der Waals surface area contributed by atoms with Gasteiger partial charge in [-0.3, -0.25) is 9.89 Å². The first kappa shape index (κ1) is 22.3. The molecule has 30 heavy (non-hydrogen) atoms. The summed E-state index contributed by atoms with van der Waals surface area (Å²) in [5.41, 5.74) is 2.55. The summed E-state index contributed by atoms with van der Waals surface area (Å²) in [5.74, 6) is 2.89. The Bertz CT molecular complexity index is 851. The summed E-state index contributed by atoms with van der Waals surface area (Å²) in [6.07, 6.45) is 2.25. The number of nitrogens with zero attached hydrogens (tertiary/aromatic N) is 3. The maximum Gasteiger partial charge on any atom is 0.208 e. The van der Waals surface area contributed by atoms with Crippen LogP contribution in [-0.4, -0.2) is 42.5 Å². The molecule has 1 atom stereocenters. The molecule has 164 valence electrons. The topological polar surface area (TPSA) is 65.7 Å². The highest BCUT2D eigenvalue weighted by Crippen LogP contribution is 2.20. The van der Waals surface area contributed by atoms with Crippen molar-refractivity contribution in [3.05, 3.63) is 52.5 Å². The van der Waals surface area contributed by atoms with Gasteiger partial charge in [-0.05, 0) is 76.7 Å². The molecule has 1 unspecified atom stereocenters. The van der Waals surface area contributed by atoms with Crippen LogP contribution in [0.15, 0.2) is 27.6 Å². The summed E-state index contributed by atoms with van der Waals surface area (Å²) in [6, 6.07) is 5.33. The number of aliphatic imine (C=N–C) groups is 1. The Morgan fingerprint density at radius 1 is 1.30 bits per heavy atom. The minimum absolute atomic E-state index is 0.0270. The average Bonchev–Trinajstić information content (AvgIpc) is 3.05. The summed E-state index contributed by atoms with van der Waals surface area (Å²) < 4.78 is 19.6. The Balaban J connectivity index is 1.42. The van der Waals surface area contributed by atoms with E-state index in [0.717, 1.165) is 67.9 Å². The lowest BCUT2D eigenvalue weighted by Gasteiger charge is -2.31. The molecule has 0 radical (unpaired) electrons. The van der Waals surface area contributed by atoms with Gasteiger partial charge in [0.05, 0.1) is 18.3 Å². The Hall–Kier alpha value is -2.41.